The number of terminal acetylenes is 1. The lowest BCUT2D eigenvalue weighted by Gasteiger charge is -2.24. The summed E-state index contributed by atoms with van der Waals surface area (Å²) in [4.78, 5) is 43.1. The second kappa shape index (κ2) is 7.42. The number of ether oxygens (including phenoxy) is 2. The molecule has 1 aliphatic heterocycles. The highest BCUT2D eigenvalue weighted by Crippen LogP contribution is 2.44. The summed E-state index contributed by atoms with van der Waals surface area (Å²) < 4.78 is 27.4. The van der Waals surface area contributed by atoms with E-state index in [1.54, 1.807) is 0 Å². The Morgan fingerprint density at radius 1 is 1.42 bits per heavy atom. The summed E-state index contributed by atoms with van der Waals surface area (Å²) in [7, 11) is -4.94. The predicted molar refractivity (Wildman–Crippen MR) is 77.8 cm³/mol. The number of hydrogen-bond acceptors (Lipinski definition) is 7. The Hall–Kier alpha value is -1.77. The van der Waals surface area contributed by atoms with E-state index < -0.39 is 50.2 Å². The summed E-state index contributed by atoms with van der Waals surface area (Å²) in [6, 6.07) is 1.05. The fourth-order valence-electron chi connectivity index (χ4n) is 2.31. The van der Waals surface area contributed by atoms with E-state index in [0.717, 1.165) is 16.8 Å². The van der Waals surface area contributed by atoms with Crippen molar-refractivity contribution in [3.63, 3.8) is 0 Å². The van der Waals surface area contributed by atoms with Gasteiger partial charge >= 0.3 is 13.5 Å². The molecule has 1 aliphatic rings. The van der Waals surface area contributed by atoms with E-state index in [0.29, 0.717) is 0 Å². The molecule has 2 rings (SSSR count). The van der Waals surface area contributed by atoms with Gasteiger partial charge in [-0.1, -0.05) is 5.92 Å². The summed E-state index contributed by atoms with van der Waals surface area (Å²) in [6.45, 7) is -0.920. The highest BCUT2D eigenvalue weighted by Gasteiger charge is 2.49. The molecule has 132 valence electrons. The molecule has 2 heterocycles. The van der Waals surface area contributed by atoms with Crippen molar-refractivity contribution in [3.05, 3.63) is 33.1 Å². The molecule has 1 saturated heterocycles. The second-order valence-corrected chi connectivity index (χ2v) is 6.00. The minimum Gasteiger partial charge on any atom is -0.394 e. The van der Waals surface area contributed by atoms with Crippen LogP contribution in [0.4, 0.5) is 0 Å². The predicted octanol–water partition coefficient (Wildman–Crippen LogP) is -2.08. The van der Waals surface area contributed by atoms with Crippen molar-refractivity contribution in [1.82, 2.24) is 9.55 Å². The minimum atomic E-state index is -4.94. The van der Waals surface area contributed by atoms with Gasteiger partial charge in [-0.2, -0.15) is 0 Å². The molecule has 0 amide bonds. The van der Waals surface area contributed by atoms with E-state index in [9.17, 15) is 19.3 Å². The average Bonchev–Trinajstić information content (AvgIpc) is 2.81. The Morgan fingerprint density at radius 3 is 2.67 bits per heavy atom. The maximum atomic E-state index is 11.9. The number of aromatic amines is 1. The van der Waals surface area contributed by atoms with Crippen LogP contribution >= 0.6 is 7.82 Å². The first kappa shape index (κ1) is 18.6. The van der Waals surface area contributed by atoms with Gasteiger partial charge in [0.05, 0.1) is 6.61 Å². The number of aliphatic hydroxyl groups excluding tert-OH is 1. The molecule has 4 atom stereocenters. The van der Waals surface area contributed by atoms with Gasteiger partial charge in [0, 0.05) is 12.3 Å². The minimum absolute atomic E-state index is 0.262. The fraction of sp³-hybridized carbons (Fsp3) is 0.500. The number of hydrogen-bond donors (Lipinski definition) is 4. The fourth-order valence-corrected chi connectivity index (χ4v) is 2.89. The van der Waals surface area contributed by atoms with Gasteiger partial charge in [-0.3, -0.25) is 18.9 Å². The first-order valence-corrected chi connectivity index (χ1v) is 8.16. The number of phosphoric ester groups is 1. The van der Waals surface area contributed by atoms with E-state index in [-0.39, 0.29) is 6.61 Å². The maximum Gasteiger partial charge on any atom is 0.470 e. The van der Waals surface area contributed by atoms with E-state index in [4.69, 9.17) is 25.7 Å². The van der Waals surface area contributed by atoms with Crippen LogP contribution in [0.25, 0.3) is 0 Å². The van der Waals surface area contributed by atoms with Gasteiger partial charge in [-0.05, 0) is 0 Å². The number of nitrogens with one attached hydrogen (secondary N) is 1. The summed E-state index contributed by atoms with van der Waals surface area (Å²) in [5.41, 5.74) is -1.48. The Labute approximate surface area is 135 Å². The third kappa shape index (κ3) is 4.19. The first-order valence-electron chi connectivity index (χ1n) is 6.63. The lowest BCUT2D eigenvalue weighted by Crippen LogP contribution is -2.40. The molecule has 12 heteroatoms. The Balaban J connectivity index is 2.42. The number of aliphatic hydroxyl groups is 1. The zero-order valence-electron chi connectivity index (χ0n) is 12.1. The molecule has 0 spiro atoms. The standard InChI is InChI=1S/C12H15N2O9P/c1-2-5-21-10-9(23-24(18,19)20)7(6-15)22-11(10)14-4-3-8(16)13-12(14)17/h1,3-4,7,9-11,15H,5-6H2,(H,13,16,17)(H2,18,19,20)/t7-,9+,10?,11-/m1/s1. The Kier molecular flexibility index (Phi) is 5.74. The first-order chi connectivity index (χ1) is 11.3. The van der Waals surface area contributed by atoms with Gasteiger partial charge in [0.2, 0.25) is 0 Å². The molecule has 0 aliphatic carbocycles. The molecule has 0 saturated carbocycles. The van der Waals surface area contributed by atoms with Gasteiger partial charge < -0.3 is 24.4 Å². The second-order valence-electron chi connectivity index (χ2n) is 4.81. The number of nitrogens with zero attached hydrogens (tertiary/aromatic N) is 1. The molecule has 1 aromatic rings. The molecular formula is C12H15N2O9P. The van der Waals surface area contributed by atoms with E-state index in [1.807, 2.05) is 4.98 Å². The van der Waals surface area contributed by atoms with E-state index in [1.165, 1.54) is 0 Å². The average molecular weight is 362 g/mol. The molecule has 24 heavy (non-hydrogen) atoms. The van der Waals surface area contributed by atoms with Crippen molar-refractivity contribution in [1.29, 1.82) is 0 Å². The summed E-state index contributed by atoms with van der Waals surface area (Å²) in [5, 5.41) is 9.36. The third-order valence-corrected chi connectivity index (χ3v) is 3.73. The van der Waals surface area contributed by atoms with Gasteiger partial charge in [0.15, 0.2) is 6.23 Å². The molecule has 0 bridgehead atoms. The van der Waals surface area contributed by atoms with Crippen molar-refractivity contribution >= 4 is 7.82 Å². The van der Waals surface area contributed by atoms with Crippen molar-refractivity contribution < 1.29 is 33.5 Å². The number of H-pyrrole nitrogens is 1. The molecule has 11 nitrogen and oxygen atoms in total. The van der Waals surface area contributed by atoms with Crippen LogP contribution in [0.15, 0.2) is 21.9 Å². The van der Waals surface area contributed by atoms with Crippen molar-refractivity contribution in [2.75, 3.05) is 13.2 Å². The monoisotopic (exact) mass is 362 g/mol. The van der Waals surface area contributed by atoms with Gasteiger partial charge in [-0.15, -0.1) is 6.42 Å². The van der Waals surface area contributed by atoms with Crippen molar-refractivity contribution in [3.8, 4) is 12.3 Å². The molecule has 0 radical (unpaired) electrons. The van der Waals surface area contributed by atoms with Crippen LogP contribution in [0, 0.1) is 12.3 Å². The van der Waals surface area contributed by atoms with Crippen LogP contribution in [-0.4, -0.2) is 56.0 Å². The summed E-state index contributed by atoms with van der Waals surface area (Å²) >= 11 is 0. The van der Waals surface area contributed by atoms with E-state index >= 15 is 0 Å². The van der Waals surface area contributed by atoms with Crippen LogP contribution in [0.3, 0.4) is 0 Å². The Bertz CT molecular complexity index is 776. The molecule has 1 aromatic heterocycles. The van der Waals surface area contributed by atoms with Crippen LogP contribution in [0.5, 0.6) is 0 Å². The largest absolute Gasteiger partial charge is 0.470 e. The summed E-state index contributed by atoms with van der Waals surface area (Å²) in [5.74, 6) is 2.17. The highest BCUT2D eigenvalue weighted by molar-refractivity contribution is 7.46. The smallest absolute Gasteiger partial charge is 0.394 e. The van der Waals surface area contributed by atoms with Crippen molar-refractivity contribution in [2.24, 2.45) is 0 Å². The van der Waals surface area contributed by atoms with E-state index in [2.05, 4.69) is 10.4 Å². The lowest BCUT2D eigenvalue weighted by atomic mass is 10.1. The molecule has 4 N–H and O–H groups in total. The number of phosphoric acid groups is 1. The quantitative estimate of drug-likeness (QED) is 0.329. The van der Waals surface area contributed by atoms with Gasteiger partial charge in [-0.25, -0.2) is 9.36 Å². The number of rotatable bonds is 6. The van der Waals surface area contributed by atoms with Crippen molar-refractivity contribution in [2.45, 2.75) is 24.5 Å². The molecule has 1 fully saturated rings. The SMILES string of the molecule is C#CCOC1[C@@H](OP(=O)(O)O)[C@@H](CO)O[C@H]1n1ccc(=O)[nH]c1=O. The van der Waals surface area contributed by atoms with Crippen LogP contribution in [0.1, 0.15) is 6.23 Å². The van der Waals surface area contributed by atoms with Crippen LogP contribution in [-0.2, 0) is 18.6 Å². The Morgan fingerprint density at radius 2 is 2.12 bits per heavy atom. The lowest BCUT2D eigenvalue weighted by molar-refractivity contribution is -0.0677. The highest BCUT2D eigenvalue weighted by atomic mass is 31.2. The van der Waals surface area contributed by atoms with Crippen LogP contribution in [0.2, 0.25) is 0 Å². The molecule has 0 aromatic carbocycles. The zero-order valence-corrected chi connectivity index (χ0v) is 13.0. The molecular weight excluding hydrogens is 347 g/mol. The normalized spacial score (nSPS) is 27.1. The maximum absolute atomic E-state index is 11.9. The zero-order chi connectivity index (χ0) is 17.9. The van der Waals surface area contributed by atoms with Gasteiger partial charge in [0.1, 0.15) is 24.9 Å². The van der Waals surface area contributed by atoms with Gasteiger partial charge in [0.25, 0.3) is 5.56 Å². The van der Waals surface area contributed by atoms with Crippen LogP contribution < -0.4 is 11.2 Å². The number of aromatic nitrogens is 2. The third-order valence-electron chi connectivity index (χ3n) is 3.21. The summed E-state index contributed by atoms with van der Waals surface area (Å²) in [6.07, 6.45) is 1.20. The topological polar surface area (TPSA) is 160 Å². The molecule has 1 unspecified atom stereocenters.